The Labute approximate surface area is 117 Å². The number of carbonyl (C=O) groups excluding carboxylic acids is 1. The third-order valence-electron chi connectivity index (χ3n) is 2.53. The van der Waals surface area contributed by atoms with E-state index in [4.69, 9.17) is 12.2 Å². The second-order valence-electron chi connectivity index (χ2n) is 3.87. The molecule has 0 aliphatic rings. The molecule has 0 saturated heterocycles. The fourth-order valence-electron chi connectivity index (χ4n) is 1.57. The van der Waals surface area contributed by atoms with E-state index in [-0.39, 0.29) is 5.91 Å². The van der Waals surface area contributed by atoms with Gasteiger partial charge in [-0.15, -0.1) is 11.3 Å². The predicted octanol–water partition coefficient (Wildman–Crippen LogP) is 2.14. The van der Waals surface area contributed by atoms with Crippen molar-refractivity contribution in [3.63, 3.8) is 0 Å². The van der Waals surface area contributed by atoms with E-state index in [1.807, 2.05) is 19.2 Å². The van der Waals surface area contributed by atoms with Crippen LogP contribution >= 0.6 is 23.6 Å². The SMILES string of the molecule is CCCNC(=S)NNC(=O)c1csc(C)c1CC. The van der Waals surface area contributed by atoms with E-state index in [0.29, 0.717) is 5.11 Å². The maximum atomic E-state index is 12.0. The van der Waals surface area contributed by atoms with Crippen molar-refractivity contribution in [2.24, 2.45) is 0 Å². The highest BCUT2D eigenvalue weighted by Gasteiger charge is 2.14. The van der Waals surface area contributed by atoms with Gasteiger partial charge in [-0.1, -0.05) is 13.8 Å². The normalized spacial score (nSPS) is 9.94. The van der Waals surface area contributed by atoms with Crippen molar-refractivity contribution >= 4 is 34.6 Å². The van der Waals surface area contributed by atoms with Gasteiger partial charge in [0.15, 0.2) is 5.11 Å². The molecule has 6 heteroatoms. The molecular weight excluding hydrogens is 266 g/mol. The number of carbonyl (C=O) groups is 1. The zero-order valence-electron chi connectivity index (χ0n) is 10.9. The molecule has 0 aliphatic carbocycles. The molecule has 18 heavy (non-hydrogen) atoms. The lowest BCUT2D eigenvalue weighted by molar-refractivity contribution is 0.0943. The molecule has 0 atom stereocenters. The summed E-state index contributed by atoms with van der Waals surface area (Å²) in [4.78, 5) is 13.2. The van der Waals surface area contributed by atoms with Crippen molar-refractivity contribution in [3.8, 4) is 0 Å². The average molecular weight is 285 g/mol. The largest absolute Gasteiger partial charge is 0.361 e. The molecule has 0 aromatic carbocycles. The number of amides is 1. The maximum absolute atomic E-state index is 12.0. The number of hydrogen-bond donors (Lipinski definition) is 3. The molecule has 1 heterocycles. The molecule has 0 unspecified atom stereocenters. The van der Waals surface area contributed by atoms with Crippen LogP contribution in [0.4, 0.5) is 0 Å². The van der Waals surface area contributed by atoms with E-state index in [1.165, 1.54) is 4.88 Å². The van der Waals surface area contributed by atoms with E-state index >= 15 is 0 Å². The molecule has 1 aromatic heterocycles. The molecule has 4 nitrogen and oxygen atoms in total. The Morgan fingerprint density at radius 1 is 1.39 bits per heavy atom. The molecule has 100 valence electrons. The summed E-state index contributed by atoms with van der Waals surface area (Å²) >= 11 is 6.61. The summed E-state index contributed by atoms with van der Waals surface area (Å²) in [7, 11) is 0. The number of hydrogen-bond acceptors (Lipinski definition) is 3. The summed E-state index contributed by atoms with van der Waals surface area (Å²) in [5.74, 6) is -0.142. The third kappa shape index (κ3) is 3.96. The van der Waals surface area contributed by atoms with Gasteiger partial charge >= 0.3 is 0 Å². The molecule has 1 aromatic rings. The van der Waals surface area contributed by atoms with Crippen LogP contribution in [-0.4, -0.2) is 17.6 Å². The Morgan fingerprint density at radius 3 is 2.72 bits per heavy atom. The van der Waals surface area contributed by atoms with Gasteiger partial charge < -0.3 is 5.32 Å². The van der Waals surface area contributed by atoms with Gasteiger partial charge in [-0.05, 0) is 37.5 Å². The minimum Gasteiger partial charge on any atom is -0.361 e. The van der Waals surface area contributed by atoms with Crippen molar-refractivity contribution in [1.82, 2.24) is 16.2 Å². The Bertz CT molecular complexity index is 429. The molecule has 0 aliphatic heterocycles. The molecular formula is C12H19N3OS2. The Hall–Kier alpha value is -1.14. The van der Waals surface area contributed by atoms with Crippen LogP contribution in [0.25, 0.3) is 0 Å². The number of thiocarbonyl (C=S) groups is 1. The zero-order chi connectivity index (χ0) is 13.5. The van der Waals surface area contributed by atoms with Crippen LogP contribution in [0.15, 0.2) is 5.38 Å². The Kier molecular flexibility index (Phi) is 6.07. The number of rotatable bonds is 4. The van der Waals surface area contributed by atoms with Crippen molar-refractivity contribution in [2.75, 3.05) is 6.54 Å². The first kappa shape index (κ1) is 14.9. The van der Waals surface area contributed by atoms with Crippen LogP contribution in [-0.2, 0) is 6.42 Å². The summed E-state index contributed by atoms with van der Waals surface area (Å²) in [5, 5.41) is 5.30. The highest BCUT2D eigenvalue weighted by Crippen LogP contribution is 2.21. The van der Waals surface area contributed by atoms with Gasteiger partial charge in [-0.25, -0.2) is 0 Å². The summed E-state index contributed by atoms with van der Waals surface area (Å²) < 4.78 is 0. The van der Waals surface area contributed by atoms with Gasteiger partial charge in [0, 0.05) is 16.8 Å². The number of hydrazine groups is 1. The molecule has 1 rings (SSSR count). The molecule has 0 bridgehead atoms. The van der Waals surface area contributed by atoms with Crippen LogP contribution in [0.2, 0.25) is 0 Å². The van der Waals surface area contributed by atoms with Gasteiger partial charge in [0.05, 0.1) is 5.56 Å². The van der Waals surface area contributed by atoms with Crippen LogP contribution in [0.3, 0.4) is 0 Å². The van der Waals surface area contributed by atoms with Gasteiger partial charge in [-0.3, -0.25) is 15.6 Å². The lowest BCUT2D eigenvalue weighted by Gasteiger charge is -2.11. The predicted molar refractivity (Wildman–Crippen MR) is 79.9 cm³/mol. The first-order valence-electron chi connectivity index (χ1n) is 6.01. The Morgan fingerprint density at radius 2 is 2.11 bits per heavy atom. The third-order valence-corrected chi connectivity index (χ3v) is 3.73. The first-order chi connectivity index (χ1) is 8.60. The highest BCUT2D eigenvalue weighted by atomic mass is 32.1. The standard InChI is InChI=1S/C12H19N3OS2/c1-4-6-13-12(17)15-14-11(16)10-7-18-8(3)9(10)5-2/h7H,4-6H2,1-3H3,(H,14,16)(H2,13,15,17). The average Bonchev–Trinajstić information content (AvgIpc) is 2.74. The van der Waals surface area contributed by atoms with Gasteiger partial charge in [0.1, 0.15) is 0 Å². The summed E-state index contributed by atoms with van der Waals surface area (Å²) in [5.41, 5.74) is 7.14. The lowest BCUT2D eigenvalue weighted by Crippen LogP contribution is -2.47. The fourth-order valence-corrected chi connectivity index (χ4v) is 2.67. The number of aryl methyl sites for hydroxylation is 1. The maximum Gasteiger partial charge on any atom is 0.270 e. The second-order valence-corrected chi connectivity index (χ2v) is 5.36. The molecule has 0 spiro atoms. The van der Waals surface area contributed by atoms with Gasteiger partial charge in [0.25, 0.3) is 5.91 Å². The number of nitrogens with one attached hydrogen (secondary N) is 3. The highest BCUT2D eigenvalue weighted by molar-refractivity contribution is 7.80. The van der Waals surface area contributed by atoms with E-state index in [0.717, 1.165) is 30.5 Å². The second kappa shape index (κ2) is 7.33. The zero-order valence-corrected chi connectivity index (χ0v) is 12.6. The molecule has 0 radical (unpaired) electrons. The fraction of sp³-hybridized carbons (Fsp3) is 0.500. The molecule has 3 N–H and O–H groups in total. The van der Waals surface area contributed by atoms with Crippen LogP contribution in [0.1, 0.15) is 41.1 Å². The van der Waals surface area contributed by atoms with Gasteiger partial charge in [0.2, 0.25) is 0 Å². The summed E-state index contributed by atoms with van der Waals surface area (Å²) in [6.07, 6.45) is 1.84. The summed E-state index contributed by atoms with van der Waals surface area (Å²) in [6.45, 7) is 6.92. The van der Waals surface area contributed by atoms with E-state index < -0.39 is 0 Å². The van der Waals surface area contributed by atoms with Crippen molar-refractivity contribution < 1.29 is 4.79 Å². The number of thiophene rings is 1. The van der Waals surface area contributed by atoms with Crippen LogP contribution < -0.4 is 16.2 Å². The minimum absolute atomic E-state index is 0.142. The molecule has 0 saturated carbocycles. The lowest BCUT2D eigenvalue weighted by atomic mass is 10.1. The van der Waals surface area contributed by atoms with E-state index in [9.17, 15) is 4.79 Å². The molecule has 0 fully saturated rings. The topological polar surface area (TPSA) is 53.2 Å². The quantitative estimate of drug-likeness (QED) is 0.586. The first-order valence-corrected chi connectivity index (χ1v) is 7.30. The Balaban J connectivity index is 2.52. The van der Waals surface area contributed by atoms with Crippen molar-refractivity contribution in [3.05, 3.63) is 21.4 Å². The minimum atomic E-state index is -0.142. The van der Waals surface area contributed by atoms with Crippen molar-refractivity contribution in [2.45, 2.75) is 33.6 Å². The molecule has 1 amide bonds. The van der Waals surface area contributed by atoms with E-state index in [2.05, 4.69) is 23.1 Å². The smallest absolute Gasteiger partial charge is 0.270 e. The van der Waals surface area contributed by atoms with E-state index in [1.54, 1.807) is 11.3 Å². The monoisotopic (exact) mass is 285 g/mol. The van der Waals surface area contributed by atoms with Crippen LogP contribution in [0, 0.1) is 6.92 Å². The van der Waals surface area contributed by atoms with Crippen molar-refractivity contribution in [1.29, 1.82) is 0 Å². The van der Waals surface area contributed by atoms with Gasteiger partial charge in [-0.2, -0.15) is 0 Å². The summed E-state index contributed by atoms with van der Waals surface area (Å²) in [6, 6.07) is 0. The van der Waals surface area contributed by atoms with Crippen LogP contribution in [0.5, 0.6) is 0 Å².